The molecule has 33 heavy (non-hydrogen) atoms. The molecule has 3 aliphatic heterocycles. The largest absolute Gasteiger partial charge is 0.330 e. The van der Waals surface area contributed by atoms with Gasteiger partial charge in [0.05, 0.1) is 24.2 Å². The second-order valence-electron chi connectivity index (χ2n) is 10.6. The van der Waals surface area contributed by atoms with Crippen LogP contribution in [-0.4, -0.2) is 69.8 Å². The van der Waals surface area contributed by atoms with E-state index in [9.17, 15) is 19.2 Å². The number of nitriles is 1. The predicted molar refractivity (Wildman–Crippen MR) is 118 cm³/mol. The number of piperidine rings is 1. The molecule has 5 aliphatic rings. The number of halogens is 1. The summed E-state index contributed by atoms with van der Waals surface area (Å²) in [6, 6.07) is 7.77. The maximum absolute atomic E-state index is 13.5. The molecule has 1 aromatic carbocycles. The lowest BCUT2D eigenvalue weighted by molar-refractivity contribution is -0.143. The molecule has 2 bridgehead atoms. The minimum atomic E-state index is -0.722. The van der Waals surface area contributed by atoms with Crippen LogP contribution in [0, 0.1) is 29.0 Å². The third-order valence-electron chi connectivity index (χ3n) is 8.68. The van der Waals surface area contributed by atoms with Crippen molar-refractivity contribution in [3.8, 4) is 6.07 Å². The number of likely N-dealkylation sites (tertiary alicyclic amines) is 3. The Balaban J connectivity index is 1.15. The summed E-state index contributed by atoms with van der Waals surface area (Å²) in [6.45, 7) is 1.05. The van der Waals surface area contributed by atoms with E-state index in [1.54, 1.807) is 4.90 Å². The first-order chi connectivity index (χ1) is 16.0. The van der Waals surface area contributed by atoms with E-state index in [1.807, 2.05) is 17.0 Å². The Bertz CT molecular complexity index is 1010. The Hall–Kier alpha value is -2.50. The van der Waals surface area contributed by atoms with Crippen molar-refractivity contribution in [2.75, 3.05) is 13.1 Å². The maximum atomic E-state index is 13.5. The van der Waals surface area contributed by atoms with Crippen LogP contribution in [0.1, 0.15) is 50.1 Å². The fourth-order valence-electron chi connectivity index (χ4n) is 6.74. The van der Waals surface area contributed by atoms with Crippen LogP contribution in [0.2, 0.25) is 0 Å². The highest BCUT2D eigenvalue weighted by atomic mass is 19.1. The second kappa shape index (κ2) is 7.78. The standard InChI is InChI=1S/C25H30FN5O2/c26-17-6-4-15(5-7-17)23(14-2-1-3-14)31-19-10-22(25(31)33)29(12-19)13-20(28)24(32)30-18(11-27)8-16-9-21(16)30/h4-7,14,16,18-23H,1-3,8-10,12-13,28H2/t16-,18+,19-,20+,21?,22-,23-/m1/s1. The first-order valence-corrected chi connectivity index (χ1v) is 12.3. The predicted octanol–water partition coefficient (Wildman–Crippen LogP) is 1.79. The maximum Gasteiger partial charge on any atom is 0.242 e. The molecule has 0 aromatic heterocycles. The van der Waals surface area contributed by atoms with Gasteiger partial charge >= 0.3 is 0 Å². The highest BCUT2D eigenvalue weighted by Crippen LogP contribution is 2.49. The van der Waals surface area contributed by atoms with Gasteiger partial charge < -0.3 is 15.5 Å². The van der Waals surface area contributed by atoms with Crippen molar-refractivity contribution in [3.63, 3.8) is 0 Å². The molecule has 2 N–H and O–H groups in total. The molecule has 3 saturated heterocycles. The SMILES string of the molecule is N#C[C@@H]1C[C@@H]2CC2N1C(=O)[C@@H](N)CN1C[C@H]2C[C@@H]1C(=O)N2[C@@H](c1ccc(F)cc1)C1CCC1. The van der Waals surface area contributed by atoms with Crippen LogP contribution in [0.4, 0.5) is 4.39 Å². The number of nitrogens with two attached hydrogens (primary N) is 1. The molecule has 1 unspecified atom stereocenters. The Kier molecular flexibility index (Phi) is 4.96. The van der Waals surface area contributed by atoms with Gasteiger partial charge in [-0.05, 0) is 61.6 Å². The van der Waals surface area contributed by atoms with Crippen LogP contribution in [0.25, 0.3) is 0 Å². The number of rotatable bonds is 6. The van der Waals surface area contributed by atoms with Gasteiger partial charge in [0, 0.05) is 25.2 Å². The monoisotopic (exact) mass is 451 g/mol. The quantitative estimate of drug-likeness (QED) is 0.712. The van der Waals surface area contributed by atoms with Crippen molar-refractivity contribution in [1.82, 2.24) is 14.7 Å². The van der Waals surface area contributed by atoms with Gasteiger partial charge in [0.15, 0.2) is 0 Å². The summed E-state index contributed by atoms with van der Waals surface area (Å²) in [6.07, 6.45) is 5.83. The van der Waals surface area contributed by atoms with E-state index >= 15 is 0 Å². The Labute approximate surface area is 193 Å². The highest BCUT2D eigenvalue weighted by Gasteiger charge is 2.56. The van der Waals surface area contributed by atoms with Crippen molar-refractivity contribution in [3.05, 3.63) is 35.6 Å². The summed E-state index contributed by atoms with van der Waals surface area (Å²) in [5.41, 5.74) is 7.34. The van der Waals surface area contributed by atoms with Crippen molar-refractivity contribution >= 4 is 11.8 Å². The van der Waals surface area contributed by atoms with Crippen LogP contribution in [0.5, 0.6) is 0 Å². The lowest BCUT2D eigenvalue weighted by atomic mass is 9.76. The number of nitrogens with zero attached hydrogens (tertiary/aromatic N) is 4. The summed E-state index contributed by atoms with van der Waals surface area (Å²) in [7, 11) is 0. The molecular weight excluding hydrogens is 421 g/mol. The summed E-state index contributed by atoms with van der Waals surface area (Å²) < 4.78 is 13.5. The topological polar surface area (TPSA) is 93.7 Å². The number of carbonyl (C=O) groups excluding carboxylic acids is 2. The van der Waals surface area contributed by atoms with E-state index in [-0.39, 0.29) is 47.8 Å². The minimum Gasteiger partial charge on any atom is -0.330 e. The second-order valence-corrected chi connectivity index (χ2v) is 10.6. The summed E-state index contributed by atoms with van der Waals surface area (Å²) >= 11 is 0. The molecule has 2 saturated carbocycles. The van der Waals surface area contributed by atoms with Gasteiger partial charge in [0.1, 0.15) is 11.9 Å². The van der Waals surface area contributed by atoms with Crippen molar-refractivity contribution < 1.29 is 14.0 Å². The number of amides is 2. The summed E-state index contributed by atoms with van der Waals surface area (Å²) in [4.78, 5) is 32.4. The molecule has 0 radical (unpaired) electrons. The van der Waals surface area contributed by atoms with E-state index in [0.717, 1.165) is 37.7 Å². The molecule has 1 aromatic rings. The van der Waals surface area contributed by atoms with E-state index < -0.39 is 6.04 Å². The van der Waals surface area contributed by atoms with Crippen LogP contribution in [0.3, 0.4) is 0 Å². The van der Waals surface area contributed by atoms with Crippen molar-refractivity contribution in [2.45, 2.75) is 74.8 Å². The van der Waals surface area contributed by atoms with Crippen LogP contribution < -0.4 is 5.73 Å². The van der Waals surface area contributed by atoms with Gasteiger partial charge in [-0.2, -0.15) is 5.26 Å². The molecule has 7 atom stereocenters. The van der Waals surface area contributed by atoms with Crippen LogP contribution in [0.15, 0.2) is 24.3 Å². The minimum absolute atomic E-state index is 0.00732. The fraction of sp³-hybridized carbons (Fsp3) is 0.640. The smallest absolute Gasteiger partial charge is 0.242 e. The van der Waals surface area contributed by atoms with Gasteiger partial charge in [0.2, 0.25) is 11.8 Å². The number of piperazine rings is 1. The lowest BCUT2D eigenvalue weighted by Crippen LogP contribution is -2.58. The first kappa shape index (κ1) is 21.1. The van der Waals surface area contributed by atoms with E-state index in [0.29, 0.717) is 24.9 Å². The Morgan fingerprint density at radius 3 is 2.61 bits per heavy atom. The lowest BCUT2D eigenvalue weighted by Gasteiger charge is -2.45. The number of hydrogen-bond donors (Lipinski definition) is 1. The van der Waals surface area contributed by atoms with Crippen molar-refractivity contribution in [1.29, 1.82) is 5.26 Å². The van der Waals surface area contributed by atoms with Gasteiger partial charge in [-0.3, -0.25) is 14.5 Å². The number of fused-ring (bicyclic) bond motifs is 3. The van der Waals surface area contributed by atoms with Crippen LogP contribution >= 0.6 is 0 Å². The van der Waals surface area contributed by atoms with Gasteiger partial charge in [-0.1, -0.05) is 18.6 Å². The molecule has 5 fully saturated rings. The molecule has 3 heterocycles. The molecule has 7 nitrogen and oxygen atoms in total. The third kappa shape index (κ3) is 3.36. The van der Waals surface area contributed by atoms with Gasteiger partial charge in [0.25, 0.3) is 0 Å². The highest BCUT2D eigenvalue weighted by molar-refractivity contribution is 5.87. The normalized spacial score (nSPS) is 34.7. The summed E-state index contributed by atoms with van der Waals surface area (Å²) in [5.74, 6) is 0.557. The molecular formula is C25H30FN5O2. The van der Waals surface area contributed by atoms with Gasteiger partial charge in [-0.25, -0.2) is 4.39 Å². The van der Waals surface area contributed by atoms with Crippen molar-refractivity contribution in [2.24, 2.45) is 17.6 Å². The number of carbonyl (C=O) groups is 2. The molecule has 0 spiro atoms. The molecule has 174 valence electrons. The molecule has 2 aliphatic carbocycles. The number of hydrogen-bond acceptors (Lipinski definition) is 5. The van der Waals surface area contributed by atoms with Gasteiger partial charge in [-0.15, -0.1) is 0 Å². The number of benzene rings is 1. The third-order valence-corrected chi connectivity index (χ3v) is 8.68. The van der Waals surface area contributed by atoms with E-state index in [1.165, 1.54) is 18.6 Å². The zero-order valence-corrected chi connectivity index (χ0v) is 18.6. The zero-order valence-electron chi connectivity index (χ0n) is 18.6. The fourth-order valence-corrected chi connectivity index (χ4v) is 6.74. The Morgan fingerprint density at radius 2 is 1.97 bits per heavy atom. The van der Waals surface area contributed by atoms with E-state index in [2.05, 4.69) is 11.0 Å². The summed E-state index contributed by atoms with van der Waals surface area (Å²) in [5, 5.41) is 9.40. The van der Waals surface area contributed by atoms with E-state index in [4.69, 9.17) is 5.73 Å². The molecule has 8 heteroatoms. The first-order valence-electron chi connectivity index (χ1n) is 12.3. The average Bonchev–Trinajstić information content (AvgIpc) is 3.11. The Morgan fingerprint density at radius 1 is 1.21 bits per heavy atom. The molecule has 2 amide bonds. The average molecular weight is 452 g/mol. The van der Waals surface area contributed by atoms with Crippen LogP contribution in [-0.2, 0) is 9.59 Å². The molecule has 6 rings (SSSR count). The zero-order chi connectivity index (χ0) is 22.9.